The van der Waals surface area contributed by atoms with Crippen LogP contribution in [0, 0.1) is 5.92 Å². The molecule has 1 saturated heterocycles. The Bertz CT molecular complexity index is 433. The second kappa shape index (κ2) is 4.96. The number of hydrogen-bond acceptors (Lipinski definition) is 4. The second-order valence-corrected chi connectivity index (χ2v) is 5.02. The van der Waals surface area contributed by atoms with Crippen LogP contribution in [0.3, 0.4) is 0 Å². The first-order valence-corrected chi connectivity index (χ1v) is 6.26. The lowest BCUT2D eigenvalue weighted by Crippen LogP contribution is -2.29. The topological polar surface area (TPSA) is 52.6 Å². The van der Waals surface area contributed by atoms with Crippen molar-refractivity contribution in [1.29, 1.82) is 0 Å². The molecule has 0 N–H and O–H groups in total. The molecule has 18 heavy (non-hydrogen) atoms. The Balaban J connectivity index is 2.37. The molecule has 0 unspecified atom stereocenters. The van der Waals surface area contributed by atoms with Gasteiger partial charge < -0.3 is 9.47 Å². The first-order valence-electron chi connectivity index (χ1n) is 6.26. The Morgan fingerprint density at radius 2 is 1.83 bits per heavy atom. The van der Waals surface area contributed by atoms with Crippen molar-refractivity contribution in [2.24, 2.45) is 5.92 Å². The third kappa shape index (κ3) is 2.63. The second-order valence-electron chi connectivity index (χ2n) is 5.02. The van der Waals surface area contributed by atoms with Crippen molar-refractivity contribution in [3.05, 3.63) is 23.5 Å². The summed E-state index contributed by atoms with van der Waals surface area (Å²) in [5.74, 6) is -0.552. The molecule has 4 nitrogen and oxygen atoms in total. The van der Waals surface area contributed by atoms with Gasteiger partial charge in [0.1, 0.15) is 6.10 Å². The van der Waals surface area contributed by atoms with Crippen molar-refractivity contribution in [1.82, 2.24) is 0 Å². The Morgan fingerprint density at radius 3 is 2.56 bits per heavy atom. The van der Waals surface area contributed by atoms with Gasteiger partial charge in [-0.05, 0) is 26.3 Å². The van der Waals surface area contributed by atoms with E-state index in [2.05, 4.69) is 0 Å². The zero-order chi connectivity index (χ0) is 13.3. The van der Waals surface area contributed by atoms with Crippen molar-refractivity contribution in [2.75, 3.05) is 0 Å². The molecule has 2 bridgehead atoms. The molecule has 2 rings (SSSR count). The molecule has 0 aromatic rings. The summed E-state index contributed by atoms with van der Waals surface area (Å²) in [5, 5.41) is 0. The third-order valence-corrected chi connectivity index (χ3v) is 3.20. The number of cyclic esters (lactones) is 1. The summed E-state index contributed by atoms with van der Waals surface area (Å²) >= 11 is 0. The van der Waals surface area contributed by atoms with Crippen LogP contribution in [0.15, 0.2) is 23.5 Å². The standard InChI is InChI=1S/C14H18O4/c1-8-4-5-11-7-12(15)13(8)17-9(2)6-10(3)18-14(11)16/h4-5,9-11H,6-7H2,1-3H3/t9-,10+,11-/m0/s1. The summed E-state index contributed by atoms with van der Waals surface area (Å²) < 4.78 is 11.0. The van der Waals surface area contributed by atoms with Crippen LogP contribution in [-0.4, -0.2) is 24.0 Å². The Kier molecular flexibility index (Phi) is 3.55. The predicted octanol–water partition coefficient (Wildman–Crippen LogP) is 2.15. The van der Waals surface area contributed by atoms with Crippen molar-refractivity contribution in [3.63, 3.8) is 0 Å². The van der Waals surface area contributed by atoms with Crippen LogP contribution in [0.5, 0.6) is 0 Å². The third-order valence-electron chi connectivity index (χ3n) is 3.20. The zero-order valence-corrected chi connectivity index (χ0v) is 10.9. The van der Waals surface area contributed by atoms with E-state index in [1.807, 2.05) is 20.8 Å². The Hall–Kier alpha value is -1.58. The summed E-state index contributed by atoms with van der Waals surface area (Å²) in [7, 11) is 0. The summed E-state index contributed by atoms with van der Waals surface area (Å²) in [5.41, 5.74) is 0.775. The maximum Gasteiger partial charge on any atom is 0.313 e. The van der Waals surface area contributed by atoms with Gasteiger partial charge in [-0.1, -0.05) is 12.2 Å². The summed E-state index contributed by atoms with van der Waals surface area (Å²) in [4.78, 5) is 24.0. The first kappa shape index (κ1) is 12.9. The molecule has 1 aliphatic heterocycles. The smallest absolute Gasteiger partial charge is 0.313 e. The number of fused-ring (bicyclic) bond motifs is 3. The van der Waals surface area contributed by atoms with Gasteiger partial charge in [-0.15, -0.1) is 0 Å². The molecule has 1 heterocycles. The number of ether oxygens (including phenoxy) is 2. The van der Waals surface area contributed by atoms with Gasteiger partial charge >= 0.3 is 5.97 Å². The molecular formula is C14H18O4. The number of rotatable bonds is 0. The molecule has 98 valence electrons. The van der Waals surface area contributed by atoms with E-state index in [-0.39, 0.29) is 30.4 Å². The van der Waals surface area contributed by atoms with Crippen LogP contribution < -0.4 is 0 Å². The molecule has 0 spiro atoms. The monoisotopic (exact) mass is 250 g/mol. The molecule has 2 aliphatic rings. The van der Waals surface area contributed by atoms with Gasteiger partial charge in [-0.2, -0.15) is 0 Å². The fourth-order valence-corrected chi connectivity index (χ4v) is 2.29. The highest BCUT2D eigenvalue weighted by Gasteiger charge is 2.30. The summed E-state index contributed by atoms with van der Waals surface area (Å²) in [6.45, 7) is 5.55. The molecule has 3 atom stereocenters. The van der Waals surface area contributed by atoms with Crippen LogP contribution >= 0.6 is 0 Å². The number of carbonyl (C=O) groups is 2. The van der Waals surface area contributed by atoms with Crippen LogP contribution in [0.2, 0.25) is 0 Å². The molecule has 4 heteroatoms. The largest absolute Gasteiger partial charge is 0.487 e. The molecule has 0 amide bonds. The van der Waals surface area contributed by atoms with Crippen molar-refractivity contribution >= 4 is 11.8 Å². The molecule has 0 saturated carbocycles. The van der Waals surface area contributed by atoms with E-state index in [0.717, 1.165) is 5.57 Å². The lowest BCUT2D eigenvalue weighted by Gasteiger charge is -2.24. The molecule has 1 aliphatic carbocycles. The number of carbonyl (C=O) groups excluding carboxylic acids is 2. The molecule has 1 fully saturated rings. The SMILES string of the molecule is CC1=C2O[C@@H](C)C[C@@H](C)OC(=O)[C@@H](C=C1)CC2=O. The van der Waals surface area contributed by atoms with E-state index >= 15 is 0 Å². The first-order chi connectivity index (χ1) is 8.47. The number of hydrogen-bond donors (Lipinski definition) is 0. The lowest BCUT2D eigenvalue weighted by molar-refractivity contribution is -0.155. The fourth-order valence-electron chi connectivity index (χ4n) is 2.29. The van der Waals surface area contributed by atoms with E-state index in [9.17, 15) is 9.59 Å². The van der Waals surface area contributed by atoms with Gasteiger partial charge in [0, 0.05) is 12.8 Å². The minimum atomic E-state index is -0.496. The van der Waals surface area contributed by atoms with Gasteiger partial charge in [0.25, 0.3) is 0 Å². The van der Waals surface area contributed by atoms with Crippen LogP contribution in [0.25, 0.3) is 0 Å². The highest BCUT2D eigenvalue weighted by atomic mass is 16.5. The highest BCUT2D eigenvalue weighted by molar-refractivity contribution is 5.98. The summed E-state index contributed by atoms with van der Waals surface area (Å²) in [6.07, 6.45) is 3.87. The van der Waals surface area contributed by atoms with E-state index in [0.29, 0.717) is 12.2 Å². The number of ketones is 1. The van der Waals surface area contributed by atoms with E-state index in [1.165, 1.54) is 0 Å². The van der Waals surface area contributed by atoms with Crippen molar-refractivity contribution in [3.8, 4) is 0 Å². The number of Topliss-reactive ketones (excluding diaryl/α,β-unsaturated/α-hetero) is 1. The Labute approximate surface area is 107 Å². The average molecular weight is 250 g/mol. The molecule has 0 aromatic heterocycles. The molecule has 0 radical (unpaired) electrons. The van der Waals surface area contributed by atoms with E-state index in [4.69, 9.17) is 9.47 Å². The number of esters is 1. The van der Waals surface area contributed by atoms with Crippen LogP contribution in [0.1, 0.15) is 33.6 Å². The van der Waals surface area contributed by atoms with Crippen molar-refractivity contribution in [2.45, 2.75) is 45.8 Å². The van der Waals surface area contributed by atoms with Gasteiger partial charge in [0.2, 0.25) is 0 Å². The fraction of sp³-hybridized carbons (Fsp3) is 0.571. The molecular weight excluding hydrogens is 232 g/mol. The van der Waals surface area contributed by atoms with Gasteiger partial charge in [-0.25, -0.2) is 0 Å². The lowest BCUT2D eigenvalue weighted by atomic mass is 10.0. The van der Waals surface area contributed by atoms with Crippen LogP contribution in [-0.2, 0) is 19.1 Å². The summed E-state index contributed by atoms with van der Waals surface area (Å²) in [6, 6.07) is 0. The maximum atomic E-state index is 12.1. The van der Waals surface area contributed by atoms with Crippen molar-refractivity contribution < 1.29 is 19.1 Å². The minimum Gasteiger partial charge on any atom is -0.487 e. The average Bonchev–Trinajstić information content (AvgIpc) is 2.41. The molecule has 0 aromatic carbocycles. The normalized spacial score (nSPS) is 32.9. The maximum absolute atomic E-state index is 12.1. The number of allylic oxidation sites excluding steroid dienone is 3. The minimum absolute atomic E-state index is 0.124. The zero-order valence-electron chi connectivity index (χ0n) is 10.9. The van der Waals surface area contributed by atoms with Crippen LogP contribution in [0.4, 0.5) is 0 Å². The van der Waals surface area contributed by atoms with E-state index < -0.39 is 5.92 Å². The highest BCUT2D eigenvalue weighted by Crippen LogP contribution is 2.25. The van der Waals surface area contributed by atoms with Gasteiger partial charge in [0.15, 0.2) is 11.5 Å². The van der Waals surface area contributed by atoms with Gasteiger partial charge in [0.05, 0.1) is 12.0 Å². The van der Waals surface area contributed by atoms with E-state index in [1.54, 1.807) is 12.2 Å². The van der Waals surface area contributed by atoms with Gasteiger partial charge in [-0.3, -0.25) is 9.59 Å². The quantitative estimate of drug-likeness (QED) is 0.618. The Morgan fingerprint density at radius 1 is 1.17 bits per heavy atom. The predicted molar refractivity (Wildman–Crippen MR) is 65.7 cm³/mol.